The summed E-state index contributed by atoms with van der Waals surface area (Å²) in [5, 5.41) is 25.6. The third-order valence-electron chi connectivity index (χ3n) is 1.98. The number of nitriles is 3. The van der Waals surface area contributed by atoms with E-state index in [0.717, 1.165) is 17.0 Å². The Balaban J connectivity index is 3.06. The first-order chi connectivity index (χ1) is 7.93. The zero-order valence-corrected chi connectivity index (χ0v) is 8.23. The van der Waals surface area contributed by atoms with E-state index in [1.54, 1.807) is 12.1 Å². The molecule has 0 spiro atoms. The molecule has 0 saturated carbocycles. The summed E-state index contributed by atoms with van der Waals surface area (Å²) in [7, 11) is 0. The highest BCUT2D eigenvalue weighted by Crippen LogP contribution is 2.27. The fourth-order valence-corrected chi connectivity index (χ4v) is 1.13. The van der Waals surface area contributed by atoms with Crippen molar-refractivity contribution in [3.05, 3.63) is 17.7 Å². The molecule has 0 aromatic carbocycles. The molecule has 0 amide bonds. The van der Waals surface area contributed by atoms with Crippen molar-refractivity contribution >= 4 is 0 Å². The van der Waals surface area contributed by atoms with Gasteiger partial charge >= 0.3 is 6.18 Å². The molecule has 0 radical (unpaired) electrons. The molecule has 0 aliphatic carbocycles. The van der Waals surface area contributed by atoms with Crippen LogP contribution < -0.4 is 0 Å². The summed E-state index contributed by atoms with van der Waals surface area (Å²) in [6.45, 7) is -0.752. The molecule has 0 aliphatic rings. The van der Waals surface area contributed by atoms with Gasteiger partial charge < -0.3 is 4.57 Å². The summed E-state index contributed by atoms with van der Waals surface area (Å²) < 4.78 is 37.8. The Hall–Kier alpha value is -2.53. The van der Waals surface area contributed by atoms with Crippen molar-refractivity contribution in [3.8, 4) is 18.2 Å². The van der Waals surface area contributed by atoms with Gasteiger partial charge in [0.05, 0.1) is 12.4 Å². The van der Waals surface area contributed by atoms with Gasteiger partial charge in [0, 0.05) is 6.54 Å². The van der Waals surface area contributed by atoms with Gasteiger partial charge in [0.15, 0.2) is 17.3 Å². The normalized spacial score (nSPS) is 12.2. The number of imidazole rings is 1. The topological polar surface area (TPSA) is 89.2 Å². The van der Waals surface area contributed by atoms with E-state index in [-0.39, 0.29) is 11.4 Å². The largest absolute Gasteiger partial charge is 0.406 e. The molecular weight excluding hydrogens is 235 g/mol. The lowest BCUT2D eigenvalue weighted by Crippen LogP contribution is -2.26. The Labute approximate surface area is 93.9 Å². The first-order valence-corrected chi connectivity index (χ1v) is 4.25. The van der Waals surface area contributed by atoms with Crippen molar-refractivity contribution in [2.75, 3.05) is 0 Å². The zero-order valence-electron chi connectivity index (χ0n) is 8.23. The first kappa shape index (κ1) is 12.5. The van der Waals surface area contributed by atoms with Crippen LogP contribution in [-0.4, -0.2) is 15.7 Å². The van der Waals surface area contributed by atoms with E-state index in [0.29, 0.717) is 0 Å². The molecule has 1 aromatic heterocycles. The van der Waals surface area contributed by atoms with Crippen LogP contribution in [0.1, 0.15) is 11.4 Å². The number of aromatic nitrogens is 2. The molecule has 1 aromatic rings. The molecule has 0 bridgehead atoms. The maximum atomic E-state index is 12.3. The van der Waals surface area contributed by atoms with Crippen LogP contribution in [0.4, 0.5) is 13.2 Å². The minimum atomic E-state index is -4.68. The molecule has 0 saturated heterocycles. The number of alkyl halides is 3. The van der Waals surface area contributed by atoms with E-state index in [4.69, 9.17) is 15.8 Å². The molecular formula is C9H4F3N5. The van der Waals surface area contributed by atoms with E-state index in [1.165, 1.54) is 0 Å². The quantitative estimate of drug-likeness (QED) is 0.778. The highest BCUT2D eigenvalue weighted by Gasteiger charge is 2.40. The van der Waals surface area contributed by atoms with E-state index in [2.05, 4.69) is 4.98 Å². The van der Waals surface area contributed by atoms with Crippen LogP contribution in [0.15, 0.2) is 6.33 Å². The molecule has 0 aliphatic heterocycles. The van der Waals surface area contributed by atoms with Crippen LogP contribution in [0.5, 0.6) is 0 Å². The Morgan fingerprint density at radius 2 is 1.94 bits per heavy atom. The minimum Gasteiger partial charge on any atom is -0.320 e. The average molecular weight is 239 g/mol. The van der Waals surface area contributed by atoms with Crippen molar-refractivity contribution in [2.24, 2.45) is 5.92 Å². The molecule has 0 fully saturated rings. The predicted octanol–water partition coefficient (Wildman–Crippen LogP) is 1.33. The highest BCUT2D eigenvalue weighted by molar-refractivity contribution is 5.36. The number of halogens is 3. The third-order valence-corrected chi connectivity index (χ3v) is 1.98. The molecule has 17 heavy (non-hydrogen) atoms. The number of hydrogen-bond acceptors (Lipinski definition) is 4. The average Bonchev–Trinajstić information content (AvgIpc) is 2.65. The molecule has 1 heterocycles. The van der Waals surface area contributed by atoms with E-state index in [9.17, 15) is 13.2 Å². The van der Waals surface area contributed by atoms with Crippen molar-refractivity contribution in [1.29, 1.82) is 15.8 Å². The van der Waals surface area contributed by atoms with Crippen LogP contribution in [0.25, 0.3) is 0 Å². The van der Waals surface area contributed by atoms with Crippen molar-refractivity contribution < 1.29 is 13.2 Å². The highest BCUT2D eigenvalue weighted by atomic mass is 19.4. The van der Waals surface area contributed by atoms with E-state index < -0.39 is 18.6 Å². The Bertz CT molecular complexity index is 537. The molecule has 5 nitrogen and oxygen atoms in total. The van der Waals surface area contributed by atoms with Gasteiger partial charge in [-0.3, -0.25) is 0 Å². The number of hydrogen-bond donors (Lipinski definition) is 0. The maximum absolute atomic E-state index is 12.3. The number of rotatable bonds is 2. The second-order valence-electron chi connectivity index (χ2n) is 3.04. The number of nitrogens with zero attached hydrogens (tertiary/aromatic N) is 5. The lowest BCUT2D eigenvalue weighted by atomic mass is 10.1. The van der Waals surface area contributed by atoms with Gasteiger partial charge in [0.1, 0.15) is 12.1 Å². The van der Waals surface area contributed by atoms with Crippen molar-refractivity contribution in [2.45, 2.75) is 12.7 Å². The SMILES string of the molecule is N#Cc1ncn(CC(C#N)C(F)(F)F)c1C#N. The Morgan fingerprint density at radius 1 is 1.29 bits per heavy atom. The molecule has 0 N–H and O–H groups in total. The van der Waals surface area contributed by atoms with Crippen LogP contribution >= 0.6 is 0 Å². The van der Waals surface area contributed by atoms with Gasteiger partial charge in [-0.1, -0.05) is 0 Å². The van der Waals surface area contributed by atoms with Gasteiger partial charge in [-0.2, -0.15) is 29.0 Å². The lowest BCUT2D eigenvalue weighted by molar-refractivity contribution is -0.162. The molecule has 1 atom stereocenters. The van der Waals surface area contributed by atoms with Crippen LogP contribution in [0.2, 0.25) is 0 Å². The van der Waals surface area contributed by atoms with E-state index >= 15 is 0 Å². The summed E-state index contributed by atoms with van der Waals surface area (Å²) in [6, 6.07) is 4.26. The van der Waals surface area contributed by atoms with E-state index in [1.807, 2.05) is 0 Å². The Morgan fingerprint density at radius 3 is 2.35 bits per heavy atom. The maximum Gasteiger partial charge on any atom is 0.406 e. The summed E-state index contributed by atoms with van der Waals surface area (Å²) >= 11 is 0. The van der Waals surface area contributed by atoms with Crippen LogP contribution in [0, 0.1) is 39.9 Å². The second-order valence-corrected chi connectivity index (χ2v) is 3.04. The summed E-state index contributed by atoms with van der Waals surface area (Å²) in [5.41, 5.74) is -0.539. The van der Waals surface area contributed by atoms with Crippen LogP contribution in [0.3, 0.4) is 0 Å². The standard InChI is InChI=1S/C9H4F3N5/c10-9(11,12)6(1-13)4-17-5-16-7(2-14)8(17)3-15/h5-6H,4H2. The summed E-state index contributed by atoms with van der Waals surface area (Å²) in [4.78, 5) is 3.48. The van der Waals surface area contributed by atoms with Crippen molar-refractivity contribution in [1.82, 2.24) is 9.55 Å². The lowest BCUT2D eigenvalue weighted by Gasteiger charge is -2.13. The fraction of sp³-hybridized carbons (Fsp3) is 0.333. The molecule has 8 heteroatoms. The summed E-state index contributed by atoms with van der Waals surface area (Å²) in [6.07, 6.45) is -3.74. The second kappa shape index (κ2) is 4.54. The third kappa shape index (κ3) is 2.53. The van der Waals surface area contributed by atoms with Gasteiger partial charge in [-0.15, -0.1) is 0 Å². The molecule has 86 valence electrons. The smallest absolute Gasteiger partial charge is 0.320 e. The molecule has 1 rings (SSSR count). The van der Waals surface area contributed by atoms with Crippen molar-refractivity contribution in [3.63, 3.8) is 0 Å². The van der Waals surface area contributed by atoms with Gasteiger partial charge in [0.25, 0.3) is 0 Å². The molecule has 1 unspecified atom stereocenters. The summed E-state index contributed by atoms with van der Waals surface area (Å²) in [5.74, 6) is -2.24. The zero-order chi connectivity index (χ0) is 13.1. The minimum absolute atomic E-state index is 0.258. The predicted molar refractivity (Wildman–Crippen MR) is 46.8 cm³/mol. The monoisotopic (exact) mass is 239 g/mol. The van der Waals surface area contributed by atoms with Gasteiger partial charge in [-0.25, -0.2) is 4.98 Å². The fourth-order valence-electron chi connectivity index (χ4n) is 1.13. The first-order valence-electron chi connectivity index (χ1n) is 4.25. The van der Waals surface area contributed by atoms with Gasteiger partial charge in [-0.05, 0) is 0 Å². The Kier molecular flexibility index (Phi) is 3.35. The van der Waals surface area contributed by atoms with Crippen LogP contribution in [-0.2, 0) is 6.54 Å². The van der Waals surface area contributed by atoms with Gasteiger partial charge in [0.2, 0.25) is 0 Å².